The fourth-order valence-electron chi connectivity index (χ4n) is 1.42. The van der Waals surface area contributed by atoms with Gasteiger partial charge in [-0.15, -0.1) is 0 Å². The van der Waals surface area contributed by atoms with E-state index in [0.29, 0.717) is 12.5 Å². The van der Waals surface area contributed by atoms with Crippen LogP contribution < -0.4 is 5.73 Å². The zero-order valence-electron chi connectivity index (χ0n) is 8.18. The first-order chi connectivity index (χ1) is 6.13. The van der Waals surface area contributed by atoms with Crippen molar-refractivity contribution in [2.45, 2.75) is 26.8 Å². The van der Waals surface area contributed by atoms with Gasteiger partial charge in [0.1, 0.15) is 5.82 Å². The van der Waals surface area contributed by atoms with E-state index in [1.165, 1.54) is 6.07 Å². The van der Waals surface area contributed by atoms with Crippen LogP contribution >= 0.6 is 0 Å². The molecule has 0 spiro atoms. The highest BCUT2D eigenvalue weighted by Crippen LogP contribution is 2.15. The van der Waals surface area contributed by atoms with Gasteiger partial charge in [-0.1, -0.05) is 19.9 Å². The van der Waals surface area contributed by atoms with Crippen molar-refractivity contribution in [1.82, 2.24) is 0 Å². The molecule has 1 rings (SSSR count). The molecule has 13 heavy (non-hydrogen) atoms. The molecule has 0 saturated heterocycles. The highest BCUT2D eigenvalue weighted by Gasteiger charge is 2.04. The number of hydrogen-bond acceptors (Lipinski definition) is 1. The molecule has 0 atom stereocenters. The minimum atomic E-state index is -0.173. The van der Waals surface area contributed by atoms with Gasteiger partial charge in [0, 0.05) is 6.54 Å². The van der Waals surface area contributed by atoms with Crippen LogP contribution in [0.1, 0.15) is 25.0 Å². The maximum absolute atomic E-state index is 12.9. The first-order valence-corrected chi connectivity index (χ1v) is 4.61. The van der Waals surface area contributed by atoms with Crippen LogP contribution in [0.5, 0.6) is 0 Å². The summed E-state index contributed by atoms with van der Waals surface area (Å²) in [5.74, 6) is 0.361. The van der Waals surface area contributed by atoms with Crippen LogP contribution in [0, 0.1) is 11.7 Å². The SMILES string of the molecule is CC(C)Cc1cc(F)ccc1CN. The molecular weight excluding hydrogens is 165 g/mol. The highest BCUT2D eigenvalue weighted by molar-refractivity contribution is 5.28. The Kier molecular flexibility index (Phi) is 3.43. The Bertz CT molecular complexity index is 281. The molecule has 0 bridgehead atoms. The molecule has 0 aliphatic rings. The number of halogens is 1. The zero-order valence-corrected chi connectivity index (χ0v) is 8.18. The van der Waals surface area contributed by atoms with Gasteiger partial charge in [-0.3, -0.25) is 0 Å². The average Bonchev–Trinajstić information content (AvgIpc) is 2.03. The van der Waals surface area contributed by atoms with Gasteiger partial charge in [-0.05, 0) is 35.6 Å². The van der Waals surface area contributed by atoms with Crippen molar-refractivity contribution < 1.29 is 4.39 Å². The number of nitrogens with two attached hydrogens (primary N) is 1. The van der Waals surface area contributed by atoms with Crippen molar-refractivity contribution in [3.8, 4) is 0 Å². The van der Waals surface area contributed by atoms with Crippen LogP contribution in [-0.2, 0) is 13.0 Å². The van der Waals surface area contributed by atoms with E-state index < -0.39 is 0 Å². The summed E-state index contributed by atoms with van der Waals surface area (Å²) in [4.78, 5) is 0. The Morgan fingerprint density at radius 1 is 1.31 bits per heavy atom. The summed E-state index contributed by atoms with van der Waals surface area (Å²) < 4.78 is 12.9. The molecule has 0 amide bonds. The van der Waals surface area contributed by atoms with E-state index >= 15 is 0 Å². The van der Waals surface area contributed by atoms with Crippen molar-refractivity contribution in [2.24, 2.45) is 11.7 Å². The predicted molar refractivity (Wildman–Crippen MR) is 52.8 cm³/mol. The molecule has 0 aromatic heterocycles. The van der Waals surface area contributed by atoms with Crippen molar-refractivity contribution >= 4 is 0 Å². The first-order valence-electron chi connectivity index (χ1n) is 4.61. The van der Waals surface area contributed by atoms with Gasteiger partial charge in [-0.25, -0.2) is 4.39 Å². The molecule has 72 valence electrons. The van der Waals surface area contributed by atoms with Gasteiger partial charge in [0.05, 0.1) is 0 Å². The third-order valence-electron chi connectivity index (χ3n) is 2.02. The maximum Gasteiger partial charge on any atom is 0.123 e. The van der Waals surface area contributed by atoms with Crippen LogP contribution in [0.15, 0.2) is 18.2 Å². The van der Waals surface area contributed by atoms with Gasteiger partial charge in [0.15, 0.2) is 0 Å². The average molecular weight is 181 g/mol. The molecule has 0 unspecified atom stereocenters. The van der Waals surface area contributed by atoms with E-state index in [1.807, 2.05) is 0 Å². The smallest absolute Gasteiger partial charge is 0.123 e. The molecule has 2 heteroatoms. The number of hydrogen-bond donors (Lipinski definition) is 1. The van der Waals surface area contributed by atoms with Gasteiger partial charge >= 0.3 is 0 Å². The Labute approximate surface area is 78.8 Å². The van der Waals surface area contributed by atoms with E-state index in [1.54, 1.807) is 12.1 Å². The molecule has 2 N–H and O–H groups in total. The van der Waals surface area contributed by atoms with Gasteiger partial charge in [-0.2, -0.15) is 0 Å². The fourth-order valence-corrected chi connectivity index (χ4v) is 1.42. The Balaban J connectivity index is 2.94. The summed E-state index contributed by atoms with van der Waals surface area (Å²) in [5.41, 5.74) is 7.64. The van der Waals surface area contributed by atoms with E-state index in [2.05, 4.69) is 13.8 Å². The maximum atomic E-state index is 12.9. The summed E-state index contributed by atoms with van der Waals surface area (Å²) >= 11 is 0. The van der Waals surface area contributed by atoms with Crippen molar-refractivity contribution in [1.29, 1.82) is 0 Å². The lowest BCUT2D eigenvalue weighted by Crippen LogP contribution is -2.04. The molecule has 0 aliphatic carbocycles. The molecule has 1 aromatic carbocycles. The van der Waals surface area contributed by atoms with E-state index in [9.17, 15) is 4.39 Å². The van der Waals surface area contributed by atoms with Gasteiger partial charge in [0.2, 0.25) is 0 Å². The van der Waals surface area contributed by atoms with Crippen LogP contribution in [-0.4, -0.2) is 0 Å². The van der Waals surface area contributed by atoms with Gasteiger partial charge in [0.25, 0.3) is 0 Å². The second kappa shape index (κ2) is 4.38. The minimum absolute atomic E-state index is 0.173. The molecule has 0 saturated carbocycles. The van der Waals surface area contributed by atoms with Crippen LogP contribution in [0.4, 0.5) is 4.39 Å². The normalized spacial score (nSPS) is 10.8. The van der Waals surface area contributed by atoms with Crippen LogP contribution in [0.25, 0.3) is 0 Å². The number of benzene rings is 1. The zero-order chi connectivity index (χ0) is 9.84. The second-order valence-corrected chi connectivity index (χ2v) is 3.72. The topological polar surface area (TPSA) is 26.0 Å². The molecule has 0 fully saturated rings. The highest BCUT2D eigenvalue weighted by atomic mass is 19.1. The third-order valence-corrected chi connectivity index (χ3v) is 2.02. The minimum Gasteiger partial charge on any atom is -0.326 e. The number of rotatable bonds is 3. The van der Waals surface area contributed by atoms with Crippen LogP contribution in [0.3, 0.4) is 0 Å². The lowest BCUT2D eigenvalue weighted by Gasteiger charge is -2.09. The standard InChI is InChI=1S/C11H16FN/c1-8(2)5-10-6-11(12)4-3-9(10)7-13/h3-4,6,8H,5,7,13H2,1-2H3. The van der Waals surface area contributed by atoms with E-state index in [0.717, 1.165) is 17.5 Å². The van der Waals surface area contributed by atoms with Crippen molar-refractivity contribution in [3.63, 3.8) is 0 Å². The second-order valence-electron chi connectivity index (χ2n) is 3.72. The Morgan fingerprint density at radius 2 is 2.00 bits per heavy atom. The Hall–Kier alpha value is -0.890. The quantitative estimate of drug-likeness (QED) is 0.761. The molecule has 0 heterocycles. The van der Waals surface area contributed by atoms with Crippen LogP contribution in [0.2, 0.25) is 0 Å². The summed E-state index contributed by atoms with van der Waals surface area (Å²) in [6.45, 7) is 4.72. The lowest BCUT2D eigenvalue weighted by atomic mass is 9.98. The molecule has 0 aliphatic heterocycles. The van der Waals surface area contributed by atoms with Crippen molar-refractivity contribution in [3.05, 3.63) is 35.1 Å². The lowest BCUT2D eigenvalue weighted by molar-refractivity contribution is 0.609. The largest absolute Gasteiger partial charge is 0.326 e. The molecule has 1 aromatic rings. The molecule has 1 nitrogen and oxygen atoms in total. The van der Waals surface area contributed by atoms with Gasteiger partial charge < -0.3 is 5.73 Å². The Morgan fingerprint density at radius 3 is 2.54 bits per heavy atom. The summed E-state index contributed by atoms with van der Waals surface area (Å²) in [5, 5.41) is 0. The fraction of sp³-hybridized carbons (Fsp3) is 0.455. The molecule has 0 radical (unpaired) electrons. The predicted octanol–water partition coefficient (Wildman–Crippen LogP) is 2.48. The summed E-state index contributed by atoms with van der Waals surface area (Å²) in [6.07, 6.45) is 0.893. The third kappa shape index (κ3) is 2.81. The summed E-state index contributed by atoms with van der Waals surface area (Å²) in [6, 6.07) is 4.82. The summed E-state index contributed by atoms with van der Waals surface area (Å²) in [7, 11) is 0. The van der Waals surface area contributed by atoms with E-state index in [-0.39, 0.29) is 5.82 Å². The molecular formula is C11H16FN. The monoisotopic (exact) mass is 181 g/mol. The van der Waals surface area contributed by atoms with E-state index in [4.69, 9.17) is 5.73 Å². The van der Waals surface area contributed by atoms with Crippen molar-refractivity contribution in [2.75, 3.05) is 0 Å². The first kappa shape index (κ1) is 10.2.